The smallest absolute Gasteiger partial charge is 0.330 e. The Morgan fingerprint density at radius 2 is 1.84 bits per heavy atom. The number of carbonyl (C=O) groups is 1. The van der Waals surface area contributed by atoms with Gasteiger partial charge in [-0.05, 0) is 43.9 Å². The van der Waals surface area contributed by atoms with E-state index in [0.29, 0.717) is 11.8 Å². The van der Waals surface area contributed by atoms with Crippen LogP contribution < -0.4 is 0 Å². The molecule has 0 saturated heterocycles. The lowest BCUT2D eigenvalue weighted by molar-refractivity contribution is -0.169. The molecule has 2 nitrogen and oxygen atoms in total. The Balaban J connectivity index is 1.85. The van der Waals surface area contributed by atoms with Gasteiger partial charge in [-0.15, -0.1) is 0 Å². The molecule has 0 heterocycles. The largest absolute Gasteiger partial charge is 0.455 e. The van der Waals surface area contributed by atoms with Crippen molar-refractivity contribution in [3.8, 4) is 0 Å². The van der Waals surface area contributed by atoms with Crippen LogP contribution in [0.2, 0.25) is 0 Å². The van der Waals surface area contributed by atoms with E-state index in [4.69, 9.17) is 4.74 Å². The first-order valence-electron chi connectivity index (χ1n) is 8.11. The van der Waals surface area contributed by atoms with Crippen molar-refractivity contribution in [2.24, 2.45) is 17.8 Å². The normalized spacial score (nSPS) is 38.9. The van der Waals surface area contributed by atoms with Gasteiger partial charge in [-0.3, -0.25) is 0 Å². The second-order valence-corrected chi connectivity index (χ2v) is 6.75. The Morgan fingerprint density at radius 1 is 1.05 bits per heavy atom. The third-order valence-corrected chi connectivity index (χ3v) is 5.95. The zero-order valence-corrected chi connectivity index (χ0v) is 11.9. The van der Waals surface area contributed by atoms with Gasteiger partial charge in [-0.2, -0.15) is 0 Å². The summed E-state index contributed by atoms with van der Waals surface area (Å²) < 4.78 is 6.04. The third kappa shape index (κ3) is 2.23. The van der Waals surface area contributed by atoms with Crippen LogP contribution in [0, 0.1) is 17.8 Å². The van der Waals surface area contributed by atoms with E-state index in [9.17, 15) is 4.79 Å². The van der Waals surface area contributed by atoms with Crippen molar-refractivity contribution < 1.29 is 9.53 Å². The van der Waals surface area contributed by atoms with Gasteiger partial charge in [0.05, 0.1) is 0 Å². The highest BCUT2D eigenvalue weighted by atomic mass is 16.6. The number of rotatable bonds is 3. The summed E-state index contributed by atoms with van der Waals surface area (Å²) in [6, 6.07) is 0. The van der Waals surface area contributed by atoms with Crippen LogP contribution in [0.25, 0.3) is 0 Å². The molecule has 106 valence electrons. The van der Waals surface area contributed by atoms with E-state index in [1.165, 1.54) is 63.9 Å². The first-order valence-corrected chi connectivity index (χ1v) is 8.11. The molecule has 0 aromatic carbocycles. The Labute approximate surface area is 116 Å². The summed E-state index contributed by atoms with van der Waals surface area (Å²) in [6.07, 6.45) is 14.2. The second kappa shape index (κ2) is 5.30. The van der Waals surface area contributed by atoms with E-state index in [-0.39, 0.29) is 11.6 Å². The minimum absolute atomic E-state index is 0.132. The summed E-state index contributed by atoms with van der Waals surface area (Å²) in [6.45, 7) is 3.59. The number of fused-ring (bicyclic) bond motifs is 1. The third-order valence-electron chi connectivity index (χ3n) is 5.95. The van der Waals surface area contributed by atoms with Crippen LogP contribution in [0.15, 0.2) is 12.7 Å². The fourth-order valence-electron chi connectivity index (χ4n) is 5.16. The Kier molecular flexibility index (Phi) is 3.68. The molecule has 0 spiro atoms. The molecule has 3 atom stereocenters. The van der Waals surface area contributed by atoms with E-state index < -0.39 is 0 Å². The van der Waals surface area contributed by atoms with Crippen molar-refractivity contribution in [3.05, 3.63) is 12.7 Å². The molecular formula is C17H26O2. The zero-order chi connectivity index (χ0) is 13.3. The van der Waals surface area contributed by atoms with E-state index in [1.807, 2.05) is 0 Å². The Hall–Kier alpha value is -0.790. The van der Waals surface area contributed by atoms with Crippen molar-refractivity contribution >= 4 is 5.97 Å². The van der Waals surface area contributed by atoms with Crippen LogP contribution in [0.5, 0.6) is 0 Å². The van der Waals surface area contributed by atoms with Crippen molar-refractivity contribution in [2.75, 3.05) is 0 Å². The molecular weight excluding hydrogens is 236 g/mol. The lowest BCUT2D eigenvalue weighted by atomic mass is 9.70. The van der Waals surface area contributed by atoms with Gasteiger partial charge in [0.2, 0.25) is 0 Å². The molecule has 3 unspecified atom stereocenters. The molecule has 0 amide bonds. The van der Waals surface area contributed by atoms with E-state index in [1.54, 1.807) is 0 Å². The summed E-state index contributed by atoms with van der Waals surface area (Å²) in [5, 5.41) is 0. The fraction of sp³-hybridized carbons (Fsp3) is 0.824. The van der Waals surface area contributed by atoms with Crippen molar-refractivity contribution in [2.45, 2.75) is 69.8 Å². The minimum atomic E-state index is -0.196. The predicted molar refractivity (Wildman–Crippen MR) is 75.7 cm³/mol. The molecule has 2 heteroatoms. The summed E-state index contributed by atoms with van der Waals surface area (Å²) >= 11 is 0. The van der Waals surface area contributed by atoms with Gasteiger partial charge >= 0.3 is 5.97 Å². The van der Waals surface area contributed by atoms with E-state index in [0.717, 1.165) is 12.3 Å². The van der Waals surface area contributed by atoms with Crippen LogP contribution in [-0.2, 0) is 9.53 Å². The van der Waals surface area contributed by atoms with Gasteiger partial charge in [-0.1, -0.05) is 38.7 Å². The molecule has 0 N–H and O–H groups in total. The molecule has 3 fully saturated rings. The molecule has 0 aliphatic heterocycles. The van der Waals surface area contributed by atoms with Gasteiger partial charge in [0, 0.05) is 12.0 Å². The Bertz CT molecular complexity index is 356. The van der Waals surface area contributed by atoms with Crippen LogP contribution in [0.3, 0.4) is 0 Å². The molecule has 0 bridgehead atoms. The maximum absolute atomic E-state index is 11.9. The second-order valence-electron chi connectivity index (χ2n) is 6.75. The summed E-state index contributed by atoms with van der Waals surface area (Å²) in [5.41, 5.74) is -0.132. The molecule has 19 heavy (non-hydrogen) atoms. The SMILES string of the molecule is C=CC(=O)OC1(C2CCCCC2)CCC2CCCC21. The number of hydrogen-bond acceptors (Lipinski definition) is 2. The number of ether oxygens (including phenoxy) is 1. The van der Waals surface area contributed by atoms with E-state index >= 15 is 0 Å². The highest BCUT2D eigenvalue weighted by Crippen LogP contribution is 2.57. The topological polar surface area (TPSA) is 26.3 Å². The van der Waals surface area contributed by atoms with Gasteiger partial charge in [0.25, 0.3) is 0 Å². The highest BCUT2D eigenvalue weighted by molar-refractivity contribution is 5.81. The van der Waals surface area contributed by atoms with Crippen LogP contribution >= 0.6 is 0 Å². The summed E-state index contributed by atoms with van der Waals surface area (Å²) in [4.78, 5) is 11.9. The van der Waals surface area contributed by atoms with Crippen molar-refractivity contribution in [1.82, 2.24) is 0 Å². The molecule has 3 saturated carbocycles. The quantitative estimate of drug-likeness (QED) is 0.561. The Morgan fingerprint density at radius 3 is 2.58 bits per heavy atom. The van der Waals surface area contributed by atoms with Crippen LogP contribution in [-0.4, -0.2) is 11.6 Å². The molecule has 3 aliphatic carbocycles. The minimum Gasteiger partial charge on any atom is -0.455 e. The lowest BCUT2D eigenvalue weighted by Crippen LogP contribution is -2.46. The summed E-state index contributed by atoms with van der Waals surface area (Å²) in [7, 11) is 0. The van der Waals surface area contributed by atoms with Gasteiger partial charge in [0.15, 0.2) is 0 Å². The maximum atomic E-state index is 11.9. The summed E-state index contributed by atoms with van der Waals surface area (Å²) in [5.74, 6) is 1.87. The van der Waals surface area contributed by atoms with Gasteiger partial charge < -0.3 is 4.74 Å². The van der Waals surface area contributed by atoms with Gasteiger partial charge in [-0.25, -0.2) is 4.79 Å². The standard InChI is InChI=1S/C17H26O2/c1-2-16(18)19-17(14-8-4-3-5-9-14)12-11-13-7-6-10-15(13)17/h2,13-15H,1,3-12H2. The zero-order valence-electron chi connectivity index (χ0n) is 11.9. The fourth-order valence-corrected chi connectivity index (χ4v) is 5.16. The first kappa shape index (κ1) is 13.2. The molecule has 0 radical (unpaired) electrons. The lowest BCUT2D eigenvalue weighted by Gasteiger charge is -2.43. The average Bonchev–Trinajstić information content (AvgIpc) is 3.04. The highest BCUT2D eigenvalue weighted by Gasteiger charge is 2.56. The van der Waals surface area contributed by atoms with Crippen LogP contribution in [0.4, 0.5) is 0 Å². The first-order chi connectivity index (χ1) is 9.26. The maximum Gasteiger partial charge on any atom is 0.330 e. The molecule has 3 aliphatic rings. The molecule has 0 aromatic rings. The number of carbonyl (C=O) groups excluding carboxylic acids is 1. The van der Waals surface area contributed by atoms with Crippen molar-refractivity contribution in [1.29, 1.82) is 0 Å². The van der Waals surface area contributed by atoms with Crippen LogP contribution in [0.1, 0.15) is 64.2 Å². The van der Waals surface area contributed by atoms with E-state index in [2.05, 4.69) is 6.58 Å². The predicted octanol–water partition coefficient (Wildman–Crippen LogP) is 4.24. The number of hydrogen-bond donors (Lipinski definition) is 0. The van der Waals surface area contributed by atoms with Gasteiger partial charge in [0.1, 0.15) is 5.60 Å². The average molecular weight is 262 g/mol. The molecule has 0 aromatic heterocycles. The molecule has 3 rings (SSSR count). The van der Waals surface area contributed by atoms with Crippen molar-refractivity contribution in [3.63, 3.8) is 0 Å². The number of esters is 1. The monoisotopic (exact) mass is 262 g/mol.